The zero-order valence-corrected chi connectivity index (χ0v) is 22.2. The van der Waals surface area contributed by atoms with Crippen LogP contribution in [0.25, 0.3) is 11.2 Å². The molecule has 0 atom stereocenters. The Morgan fingerprint density at radius 1 is 1.15 bits per heavy atom. The first-order chi connectivity index (χ1) is 16.2. The summed E-state index contributed by atoms with van der Waals surface area (Å²) in [6, 6.07) is 6.39. The van der Waals surface area contributed by atoms with Crippen LogP contribution in [-0.4, -0.2) is 27.7 Å². The van der Waals surface area contributed by atoms with Crippen LogP contribution in [0, 0.1) is 6.92 Å². The molecule has 2 aromatic heterocycles. The highest BCUT2D eigenvalue weighted by Gasteiger charge is 2.18. The Kier molecular flexibility index (Phi) is 8.34. The SMILES string of the molecule is CCCCCc1c(C(C)C)nc2c(=Nc3ccc(N(CC)CC)cc3C)c(=C(C)C)[nH]n2c1=O. The predicted molar refractivity (Wildman–Crippen MR) is 143 cm³/mol. The maximum absolute atomic E-state index is 13.6. The molecule has 0 amide bonds. The number of hydrogen-bond donors (Lipinski definition) is 1. The number of hydrogen-bond acceptors (Lipinski definition) is 4. The molecular weight excluding hydrogens is 422 g/mol. The molecule has 3 rings (SSSR count). The average molecular weight is 464 g/mol. The summed E-state index contributed by atoms with van der Waals surface area (Å²) in [5.41, 5.74) is 6.60. The second kappa shape index (κ2) is 11.0. The normalized spacial score (nSPS) is 12.2. The van der Waals surface area contributed by atoms with Gasteiger partial charge in [0.2, 0.25) is 0 Å². The summed E-state index contributed by atoms with van der Waals surface area (Å²) in [5, 5.41) is 4.91. The van der Waals surface area contributed by atoms with Crippen molar-refractivity contribution in [2.75, 3.05) is 18.0 Å². The van der Waals surface area contributed by atoms with Crippen molar-refractivity contribution >= 4 is 22.6 Å². The minimum atomic E-state index is 0.00218. The van der Waals surface area contributed by atoms with Crippen LogP contribution < -0.4 is 21.2 Å². The molecule has 6 nitrogen and oxygen atoms in total. The number of unbranched alkanes of at least 4 members (excludes halogenated alkanes) is 2. The Hall–Kier alpha value is -2.89. The van der Waals surface area contributed by atoms with Gasteiger partial charge in [0, 0.05) is 24.3 Å². The molecule has 0 saturated carbocycles. The van der Waals surface area contributed by atoms with E-state index in [4.69, 9.17) is 9.98 Å². The molecule has 0 unspecified atom stereocenters. The number of anilines is 1. The number of aryl methyl sites for hydroxylation is 1. The molecule has 0 aliphatic rings. The van der Waals surface area contributed by atoms with Gasteiger partial charge in [-0.1, -0.05) is 33.6 Å². The first kappa shape index (κ1) is 25.7. The van der Waals surface area contributed by atoms with Crippen LogP contribution >= 0.6 is 0 Å². The van der Waals surface area contributed by atoms with E-state index in [1.807, 2.05) is 13.8 Å². The van der Waals surface area contributed by atoms with Gasteiger partial charge >= 0.3 is 0 Å². The number of H-pyrrole nitrogens is 1. The Balaban J connectivity index is 2.29. The zero-order valence-electron chi connectivity index (χ0n) is 22.2. The molecule has 0 fully saturated rings. The Labute approximate surface area is 203 Å². The summed E-state index contributed by atoms with van der Waals surface area (Å²) in [6.45, 7) is 18.8. The first-order valence-electron chi connectivity index (χ1n) is 12.8. The summed E-state index contributed by atoms with van der Waals surface area (Å²) in [4.78, 5) is 26.0. The lowest BCUT2D eigenvalue weighted by atomic mass is 10.00. The van der Waals surface area contributed by atoms with E-state index in [2.05, 4.69) is 69.7 Å². The Morgan fingerprint density at radius 3 is 2.41 bits per heavy atom. The van der Waals surface area contributed by atoms with E-state index in [-0.39, 0.29) is 11.5 Å². The van der Waals surface area contributed by atoms with Gasteiger partial charge in [0.15, 0.2) is 5.65 Å². The van der Waals surface area contributed by atoms with Gasteiger partial charge in [0.25, 0.3) is 5.56 Å². The van der Waals surface area contributed by atoms with Gasteiger partial charge in [-0.2, -0.15) is 4.52 Å². The van der Waals surface area contributed by atoms with Crippen molar-refractivity contribution in [1.29, 1.82) is 0 Å². The lowest BCUT2D eigenvalue weighted by molar-refractivity contribution is 0.684. The maximum atomic E-state index is 13.6. The van der Waals surface area contributed by atoms with Crippen LogP contribution in [0.15, 0.2) is 28.0 Å². The monoisotopic (exact) mass is 463 g/mol. The highest BCUT2D eigenvalue weighted by molar-refractivity contribution is 5.58. The number of rotatable bonds is 9. The van der Waals surface area contributed by atoms with Crippen LogP contribution in [0.1, 0.15) is 90.5 Å². The molecule has 1 N–H and O–H groups in total. The van der Waals surface area contributed by atoms with Crippen molar-refractivity contribution in [3.8, 4) is 0 Å². The number of fused-ring (bicyclic) bond motifs is 1. The number of benzene rings is 1. The van der Waals surface area contributed by atoms with Crippen molar-refractivity contribution < 1.29 is 0 Å². The molecule has 3 aromatic rings. The predicted octanol–water partition coefficient (Wildman–Crippen LogP) is 5.18. The van der Waals surface area contributed by atoms with E-state index in [1.54, 1.807) is 4.52 Å². The number of nitrogens with zero attached hydrogens (tertiary/aromatic N) is 4. The van der Waals surface area contributed by atoms with E-state index in [9.17, 15) is 4.79 Å². The molecule has 1 aromatic carbocycles. The van der Waals surface area contributed by atoms with Gasteiger partial charge in [-0.3, -0.25) is 9.89 Å². The minimum absolute atomic E-state index is 0.00218. The number of aromatic amines is 1. The third-order valence-electron chi connectivity index (χ3n) is 6.50. The Bertz CT molecular complexity index is 1320. The van der Waals surface area contributed by atoms with Crippen LogP contribution in [0.4, 0.5) is 11.4 Å². The van der Waals surface area contributed by atoms with E-state index in [0.29, 0.717) is 5.65 Å². The van der Waals surface area contributed by atoms with Crippen LogP contribution in [0.3, 0.4) is 0 Å². The van der Waals surface area contributed by atoms with Crippen LogP contribution in [0.2, 0.25) is 0 Å². The quantitative estimate of drug-likeness (QED) is 0.445. The molecule has 0 bridgehead atoms. The van der Waals surface area contributed by atoms with Gasteiger partial charge in [-0.25, -0.2) is 9.98 Å². The van der Waals surface area contributed by atoms with E-state index < -0.39 is 0 Å². The molecule has 0 saturated heterocycles. The van der Waals surface area contributed by atoms with Gasteiger partial charge in [0.1, 0.15) is 5.36 Å². The largest absolute Gasteiger partial charge is 0.372 e. The van der Waals surface area contributed by atoms with Gasteiger partial charge in [0.05, 0.1) is 16.7 Å². The summed E-state index contributed by atoms with van der Waals surface area (Å²) in [6.07, 6.45) is 4.00. The highest BCUT2D eigenvalue weighted by Crippen LogP contribution is 2.24. The zero-order chi connectivity index (χ0) is 25.0. The van der Waals surface area contributed by atoms with Crippen LogP contribution in [0.5, 0.6) is 0 Å². The second-order valence-electron chi connectivity index (χ2n) is 9.64. The van der Waals surface area contributed by atoms with Gasteiger partial charge < -0.3 is 4.90 Å². The highest BCUT2D eigenvalue weighted by atomic mass is 16.1. The molecular formula is C28H41N5O. The van der Waals surface area contributed by atoms with Crippen molar-refractivity contribution in [3.63, 3.8) is 0 Å². The molecule has 0 aliphatic heterocycles. The molecule has 6 heteroatoms. The summed E-state index contributed by atoms with van der Waals surface area (Å²) >= 11 is 0. The van der Waals surface area contributed by atoms with Gasteiger partial charge in [-0.15, -0.1) is 0 Å². The molecule has 0 aliphatic carbocycles. The fourth-order valence-electron chi connectivity index (χ4n) is 4.50. The first-order valence-corrected chi connectivity index (χ1v) is 12.8. The van der Waals surface area contributed by atoms with Gasteiger partial charge in [-0.05, 0) is 82.7 Å². The van der Waals surface area contributed by atoms with Crippen molar-refractivity contribution in [2.45, 2.75) is 87.0 Å². The lowest BCUT2D eigenvalue weighted by Gasteiger charge is -2.21. The number of aromatic nitrogens is 3. The van der Waals surface area contributed by atoms with E-state index in [1.165, 1.54) is 5.69 Å². The molecule has 0 radical (unpaired) electrons. The topological polar surface area (TPSA) is 65.8 Å². The molecule has 184 valence electrons. The summed E-state index contributed by atoms with van der Waals surface area (Å²) in [7, 11) is 0. The fraction of sp³-hybridized carbons (Fsp3) is 0.536. The van der Waals surface area contributed by atoms with Crippen molar-refractivity contribution in [2.24, 2.45) is 4.99 Å². The lowest BCUT2D eigenvalue weighted by Crippen LogP contribution is -2.25. The number of nitrogens with one attached hydrogen (secondary N) is 1. The molecule has 34 heavy (non-hydrogen) atoms. The van der Waals surface area contributed by atoms with E-state index >= 15 is 0 Å². The smallest absolute Gasteiger partial charge is 0.276 e. The van der Waals surface area contributed by atoms with Crippen molar-refractivity contribution in [1.82, 2.24) is 14.6 Å². The minimum Gasteiger partial charge on any atom is -0.372 e. The van der Waals surface area contributed by atoms with Crippen LogP contribution in [-0.2, 0) is 6.42 Å². The second-order valence-corrected chi connectivity index (χ2v) is 9.64. The summed E-state index contributed by atoms with van der Waals surface area (Å²) < 4.78 is 1.61. The molecule has 0 spiro atoms. The maximum Gasteiger partial charge on any atom is 0.276 e. The average Bonchev–Trinajstić information content (AvgIpc) is 3.16. The standard InChI is InChI=1S/C28H41N5O/c1-9-12-13-14-22-24(18(4)5)30-27-26(25(19(6)7)31-33(27)28(22)34)29-23-16-15-21(17-20(23)8)32(10-2)11-3/h15-18,31H,9-14H2,1-8H3. The molecule has 2 heterocycles. The Morgan fingerprint density at radius 2 is 1.85 bits per heavy atom. The van der Waals surface area contributed by atoms with E-state index in [0.717, 1.165) is 77.6 Å². The third kappa shape index (κ3) is 5.11. The fourth-order valence-corrected chi connectivity index (χ4v) is 4.50. The summed E-state index contributed by atoms with van der Waals surface area (Å²) in [5.74, 6) is 0.169. The third-order valence-corrected chi connectivity index (χ3v) is 6.50. The van der Waals surface area contributed by atoms with Crippen molar-refractivity contribution in [3.05, 3.63) is 56.1 Å².